The number of hydrogen-bond donors (Lipinski definition) is 1. The number of thioether (sulfide) groups is 1. The number of nitrogens with one attached hydrogen (secondary N) is 1. The molecular formula is C13H12N4OS2. The second-order valence-electron chi connectivity index (χ2n) is 3.90. The Morgan fingerprint density at radius 1 is 1.25 bits per heavy atom. The smallest absolute Gasteiger partial charge is 0.206 e. The van der Waals surface area contributed by atoms with Crippen molar-refractivity contribution in [3.63, 3.8) is 0 Å². The summed E-state index contributed by atoms with van der Waals surface area (Å²) in [6, 6.07) is 9.94. The highest BCUT2D eigenvalue weighted by atomic mass is 32.2. The molecule has 0 spiro atoms. The molecule has 0 amide bonds. The number of nitrogens with zero attached hydrogens (tertiary/aromatic N) is 3. The lowest BCUT2D eigenvalue weighted by Crippen LogP contribution is -1.84. The average molecular weight is 304 g/mol. The summed E-state index contributed by atoms with van der Waals surface area (Å²) in [5.41, 5.74) is 1.03. The molecule has 7 heteroatoms. The third-order valence-corrected chi connectivity index (χ3v) is 4.61. The van der Waals surface area contributed by atoms with Crippen LogP contribution in [0.4, 0.5) is 5.13 Å². The van der Waals surface area contributed by atoms with Gasteiger partial charge in [-0.15, -0.1) is 10.2 Å². The third kappa shape index (κ3) is 3.00. The van der Waals surface area contributed by atoms with Crippen molar-refractivity contribution < 1.29 is 4.42 Å². The lowest BCUT2D eigenvalue weighted by molar-refractivity contribution is 0.530. The van der Waals surface area contributed by atoms with Gasteiger partial charge in [-0.25, -0.2) is 4.98 Å². The van der Waals surface area contributed by atoms with E-state index in [4.69, 9.17) is 4.42 Å². The first-order valence-corrected chi connectivity index (χ1v) is 7.79. The maximum atomic E-state index is 5.73. The Morgan fingerprint density at radius 3 is 2.85 bits per heavy atom. The van der Waals surface area contributed by atoms with Gasteiger partial charge in [-0.2, -0.15) is 0 Å². The predicted octanol–water partition coefficient (Wildman–Crippen LogP) is 3.53. The van der Waals surface area contributed by atoms with Gasteiger partial charge in [0, 0.05) is 12.6 Å². The Morgan fingerprint density at radius 2 is 2.10 bits per heavy atom. The molecule has 0 saturated heterocycles. The fourth-order valence-corrected chi connectivity index (χ4v) is 3.16. The van der Waals surface area contributed by atoms with Crippen molar-refractivity contribution in [1.29, 1.82) is 0 Å². The van der Waals surface area contributed by atoms with E-state index in [-0.39, 0.29) is 0 Å². The van der Waals surface area contributed by atoms with Gasteiger partial charge in [0.1, 0.15) is 0 Å². The minimum Gasteiger partial charge on any atom is -0.440 e. The molecule has 0 atom stereocenters. The molecule has 0 radical (unpaired) electrons. The van der Waals surface area contributed by atoms with Crippen molar-refractivity contribution in [3.05, 3.63) is 42.4 Å². The van der Waals surface area contributed by atoms with Gasteiger partial charge >= 0.3 is 0 Å². The van der Waals surface area contributed by atoms with Crippen molar-refractivity contribution >= 4 is 28.2 Å². The first kappa shape index (κ1) is 13.1. The number of aromatic nitrogens is 3. The number of benzene rings is 1. The monoisotopic (exact) mass is 304 g/mol. The van der Waals surface area contributed by atoms with Crippen molar-refractivity contribution in [3.8, 4) is 11.3 Å². The summed E-state index contributed by atoms with van der Waals surface area (Å²) in [4.78, 5) is 4.29. The number of rotatable bonds is 5. The zero-order valence-electron chi connectivity index (χ0n) is 10.7. The minimum atomic E-state index is 0.644. The Hall–Kier alpha value is -1.86. The normalized spacial score (nSPS) is 10.7. The standard InChI is InChI=1S/C13H12N4OS2/c1-14-12-16-17-13(20-12)19-8-11-15-7-10(18-11)9-5-3-2-4-6-9/h2-7H,8H2,1H3,(H,14,16). The van der Waals surface area contributed by atoms with Crippen molar-refractivity contribution in [2.45, 2.75) is 10.1 Å². The third-order valence-electron chi connectivity index (χ3n) is 2.55. The summed E-state index contributed by atoms with van der Waals surface area (Å²) < 4.78 is 6.63. The van der Waals surface area contributed by atoms with Crippen LogP contribution in [0.2, 0.25) is 0 Å². The molecule has 0 bridgehead atoms. The summed E-state index contributed by atoms with van der Waals surface area (Å²) in [7, 11) is 1.83. The molecule has 102 valence electrons. The van der Waals surface area contributed by atoms with E-state index >= 15 is 0 Å². The molecule has 0 unspecified atom stereocenters. The largest absolute Gasteiger partial charge is 0.440 e. The number of hydrogen-bond acceptors (Lipinski definition) is 7. The molecule has 1 aromatic carbocycles. The van der Waals surface area contributed by atoms with Gasteiger partial charge in [0.15, 0.2) is 10.1 Å². The average Bonchev–Trinajstić information content (AvgIpc) is 3.15. The van der Waals surface area contributed by atoms with Crippen LogP contribution in [-0.4, -0.2) is 22.2 Å². The zero-order valence-corrected chi connectivity index (χ0v) is 12.4. The molecule has 0 aliphatic rings. The van der Waals surface area contributed by atoms with E-state index < -0.39 is 0 Å². The van der Waals surface area contributed by atoms with Crippen LogP contribution in [0.25, 0.3) is 11.3 Å². The molecule has 0 saturated carbocycles. The van der Waals surface area contributed by atoms with E-state index in [1.54, 1.807) is 18.0 Å². The first-order valence-electron chi connectivity index (χ1n) is 5.99. The SMILES string of the molecule is CNc1nnc(SCc2ncc(-c3ccccc3)o2)s1. The Kier molecular flexibility index (Phi) is 3.98. The van der Waals surface area contributed by atoms with Crippen LogP contribution < -0.4 is 5.32 Å². The summed E-state index contributed by atoms with van der Waals surface area (Å²) in [5.74, 6) is 2.12. The molecule has 2 heterocycles. The summed E-state index contributed by atoms with van der Waals surface area (Å²) in [5, 5.41) is 11.8. The van der Waals surface area contributed by atoms with E-state index in [2.05, 4.69) is 20.5 Å². The van der Waals surface area contributed by atoms with Crippen LogP contribution in [0, 0.1) is 0 Å². The summed E-state index contributed by atoms with van der Waals surface area (Å²) in [6.45, 7) is 0. The highest BCUT2D eigenvalue weighted by molar-refractivity contribution is 8.00. The maximum absolute atomic E-state index is 5.73. The van der Waals surface area contributed by atoms with E-state index in [0.717, 1.165) is 20.8 Å². The van der Waals surface area contributed by atoms with Crippen LogP contribution in [0.5, 0.6) is 0 Å². The van der Waals surface area contributed by atoms with Crippen LogP contribution in [0.1, 0.15) is 5.89 Å². The van der Waals surface area contributed by atoms with Gasteiger partial charge in [-0.05, 0) is 0 Å². The van der Waals surface area contributed by atoms with E-state index in [9.17, 15) is 0 Å². The van der Waals surface area contributed by atoms with E-state index in [1.807, 2.05) is 37.4 Å². The van der Waals surface area contributed by atoms with E-state index in [1.165, 1.54) is 11.3 Å². The van der Waals surface area contributed by atoms with Gasteiger partial charge in [-0.1, -0.05) is 53.4 Å². The molecule has 5 nitrogen and oxygen atoms in total. The second kappa shape index (κ2) is 6.06. The van der Waals surface area contributed by atoms with Gasteiger partial charge in [0.25, 0.3) is 0 Å². The molecule has 0 fully saturated rings. The summed E-state index contributed by atoms with van der Waals surface area (Å²) >= 11 is 3.08. The van der Waals surface area contributed by atoms with Crippen LogP contribution in [0.3, 0.4) is 0 Å². The lowest BCUT2D eigenvalue weighted by atomic mass is 10.2. The quantitative estimate of drug-likeness (QED) is 0.728. The molecular weight excluding hydrogens is 292 g/mol. The molecule has 1 N–H and O–H groups in total. The van der Waals surface area contributed by atoms with Crippen molar-refractivity contribution in [2.24, 2.45) is 0 Å². The topological polar surface area (TPSA) is 63.8 Å². The van der Waals surface area contributed by atoms with Crippen molar-refractivity contribution in [1.82, 2.24) is 15.2 Å². The van der Waals surface area contributed by atoms with Gasteiger partial charge in [0.2, 0.25) is 11.0 Å². The number of anilines is 1. The molecule has 3 aromatic rings. The fourth-order valence-electron chi connectivity index (χ4n) is 1.61. The Labute approximate surface area is 124 Å². The molecule has 2 aromatic heterocycles. The van der Waals surface area contributed by atoms with Crippen molar-refractivity contribution in [2.75, 3.05) is 12.4 Å². The molecule has 0 aliphatic carbocycles. The van der Waals surface area contributed by atoms with Crippen LogP contribution in [-0.2, 0) is 5.75 Å². The minimum absolute atomic E-state index is 0.644. The molecule has 20 heavy (non-hydrogen) atoms. The highest BCUT2D eigenvalue weighted by Gasteiger charge is 2.09. The zero-order chi connectivity index (χ0) is 13.8. The second-order valence-corrected chi connectivity index (χ2v) is 6.10. The van der Waals surface area contributed by atoms with Gasteiger partial charge < -0.3 is 9.73 Å². The molecule has 0 aliphatic heterocycles. The number of oxazole rings is 1. The fraction of sp³-hybridized carbons (Fsp3) is 0.154. The highest BCUT2D eigenvalue weighted by Crippen LogP contribution is 2.29. The van der Waals surface area contributed by atoms with Gasteiger partial charge in [0.05, 0.1) is 11.9 Å². The lowest BCUT2D eigenvalue weighted by Gasteiger charge is -1.94. The Bertz CT molecular complexity index is 681. The van der Waals surface area contributed by atoms with E-state index in [0.29, 0.717) is 11.6 Å². The van der Waals surface area contributed by atoms with Gasteiger partial charge in [-0.3, -0.25) is 0 Å². The first-order chi connectivity index (χ1) is 9.85. The molecule has 3 rings (SSSR count). The van der Waals surface area contributed by atoms with Crippen LogP contribution >= 0.6 is 23.1 Å². The maximum Gasteiger partial charge on any atom is 0.206 e. The Balaban J connectivity index is 1.65. The predicted molar refractivity (Wildman–Crippen MR) is 81.0 cm³/mol. The summed E-state index contributed by atoms with van der Waals surface area (Å²) in [6.07, 6.45) is 1.75. The van der Waals surface area contributed by atoms with Crippen LogP contribution in [0.15, 0.2) is 45.3 Å².